The van der Waals surface area contributed by atoms with Crippen LogP contribution in [0.4, 0.5) is 11.4 Å². The monoisotopic (exact) mass is 450 g/mol. The number of carbonyl (C=O) groups excluding carboxylic acids is 2. The number of anilines is 1. The Bertz CT molecular complexity index is 1110. The van der Waals surface area contributed by atoms with Crippen LogP contribution in [0.3, 0.4) is 0 Å². The quantitative estimate of drug-likeness (QED) is 0.662. The summed E-state index contributed by atoms with van der Waals surface area (Å²) in [5.74, 6) is 0.720. The number of benzene rings is 2. The van der Waals surface area contributed by atoms with Crippen LogP contribution in [0.15, 0.2) is 41.4 Å². The number of Topliss-reactive ketones (excluding diaryl/α,β-unsaturated/α-hetero) is 1. The van der Waals surface area contributed by atoms with E-state index in [9.17, 15) is 9.59 Å². The maximum absolute atomic E-state index is 13.6. The van der Waals surface area contributed by atoms with Crippen LogP contribution in [0.5, 0.6) is 17.2 Å². The third-order valence-electron chi connectivity index (χ3n) is 6.39. The summed E-state index contributed by atoms with van der Waals surface area (Å²) in [5, 5.41) is 0. The third kappa shape index (κ3) is 3.96. The second kappa shape index (κ2) is 8.54. The van der Waals surface area contributed by atoms with Crippen LogP contribution in [0, 0.1) is 11.3 Å². The summed E-state index contributed by atoms with van der Waals surface area (Å²) in [5.41, 5.74) is 2.69. The summed E-state index contributed by atoms with van der Waals surface area (Å²) >= 11 is 0. The fourth-order valence-electron chi connectivity index (χ4n) is 5.09. The molecule has 0 radical (unpaired) electrons. The highest BCUT2D eigenvalue weighted by molar-refractivity contribution is 6.12. The van der Waals surface area contributed by atoms with E-state index in [1.165, 1.54) is 6.92 Å². The molecule has 2 atom stereocenters. The normalized spacial score (nSPS) is 21.3. The minimum atomic E-state index is -0.595. The predicted molar refractivity (Wildman–Crippen MR) is 127 cm³/mol. The van der Waals surface area contributed by atoms with Gasteiger partial charge in [-0.3, -0.25) is 14.6 Å². The van der Waals surface area contributed by atoms with Crippen LogP contribution in [-0.4, -0.2) is 38.7 Å². The Morgan fingerprint density at radius 2 is 1.67 bits per heavy atom. The van der Waals surface area contributed by atoms with Gasteiger partial charge in [0, 0.05) is 19.1 Å². The lowest BCUT2D eigenvalue weighted by atomic mass is 9.68. The Labute approximate surface area is 194 Å². The fraction of sp³-hybridized carbons (Fsp3) is 0.423. The molecule has 1 amide bonds. The molecule has 33 heavy (non-hydrogen) atoms. The number of fused-ring (bicyclic) bond motifs is 2. The van der Waals surface area contributed by atoms with Crippen LogP contribution in [0.2, 0.25) is 0 Å². The predicted octanol–water partition coefficient (Wildman–Crippen LogP) is 4.90. The van der Waals surface area contributed by atoms with Crippen molar-refractivity contribution in [3.63, 3.8) is 0 Å². The molecule has 0 saturated heterocycles. The molecule has 7 nitrogen and oxygen atoms in total. The molecule has 174 valence electrons. The summed E-state index contributed by atoms with van der Waals surface area (Å²) in [6.45, 7) is 5.68. The number of rotatable bonds is 4. The first kappa shape index (κ1) is 22.8. The Morgan fingerprint density at radius 1 is 1.03 bits per heavy atom. The van der Waals surface area contributed by atoms with Crippen molar-refractivity contribution in [1.29, 1.82) is 0 Å². The maximum Gasteiger partial charge on any atom is 0.224 e. The molecule has 2 unspecified atom stereocenters. The second-order valence-electron chi connectivity index (χ2n) is 9.35. The van der Waals surface area contributed by atoms with Crippen LogP contribution < -0.4 is 19.1 Å². The molecule has 0 spiro atoms. The largest absolute Gasteiger partial charge is 0.493 e. The Hall–Kier alpha value is -3.35. The van der Waals surface area contributed by atoms with E-state index >= 15 is 0 Å². The van der Waals surface area contributed by atoms with Gasteiger partial charge < -0.3 is 19.1 Å². The van der Waals surface area contributed by atoms with Gasteiger partial charge >= 0.3 is 0 Å². The van der Waals surface area contributed by atoms with E-state index in [0.717, 1.165) is 11.3 Å². The van der Waals surface area contributed by atoms with Crippen LogP contribution in [-0.2, 0) is 9.59 Å². The first-order chi connectivity index (χ1) is 15.7. The van der Waals surface area contributed by atoms with Crippen LogP contribution >= 0.6 is 0 Å². The number of amides is 1. The number of hydrogen-bond donors (Lipinski definition) is 0. The summed E-state index contributed by atoms with van der Waals surface area (Å²) in [7, 11) is 4.64. The van der Waals surface area contributed by atoms with Crippen molar-refractivity contribution in [2.45, 2.75) is 39.7 Å². The SMILES string of the molecule is COc1cc(C2C3C(=O)CC(C)(C)CC3=Nc3ccccc3N2C(C)=O)cc(OC)c1OC. The summed E-state index contributed by atoms with van der Waals surface area (Å²) in [6.07, 6.45) is 1.09. The summed E-state index contributed by atoms with van der Waals surface area (Å²) in [6, 6.07) is 10.6. The van der Waals surface area contributed by atoms with Gasteiger partial charge in [-0.25, -0.2) is 0 Å². The third-order valence-corrected chi connectivity index (χ3v) is 6.39. The molecule has 2 aromatic carbocycles. The van der Waals surface area contributed by atoms with Gasteiger partial charge in [0.05, 0.1) is 44.7 Å². The smallest absolute Gasteiger partial charge is 0.224 e. The van der Waals surface area contributed by atoms with Crippen molar-refractivity contribution >= 4 is 28.8 Å². The first-order valence-electron chi connectivity index (χ1n) is 11.0. The zero-order valence-electron chi connectivity index (χ0n) is 20.0. The number of para-hydroxylation sites is 2. The first-order valence-corrected chi connectivity index (χ1v) is 11.0. The molecule has 0 bridgehead atoms. The maximum atomic E-state index is 13.6. The lowest BCUT2D eigenvalue weighted by Gasteiger charge is -2.40. The zero-order chi connectivity index (χ0) is 23.9. The number of ketones is 1. The average Bonchev–Trinajstić information content (AvgIpc) is 2.91. The highest BCUT2D eigenvalue weighted by atomic mass is 16.5. The van der Waals surface area contributed by atoms with Gasteiger partial charge in [-0.1, -0.05) is 26.0 Å². The molecule has 1 fully saturated rings. The lowest BCUT2D eigenvalue weighted by molar-refractivity contribution is -0.124. The number of aliphatic imine (C=N–C) groups is 1. The van der Waals surface area contributed by atoms with Crippen molar-refractivity contribution in [3.8, 4) is 17.2 Å². The van der Waals surface area contributed by atoms with Crippen molar-refractivity contribution in [2.24, 2.45) is 16.3 Å². The second-order valence-corrected chi connectivity index (χ2v) is 9.35. The fourth-order valence-corrected chi connectivity index (χ4v) is 5.09. The van der Waals surface area contributed by atoms with E-state index < -0.39 is 12.0 Å². The van der Waals surface area contributed by atoms with E-state index in [1.54, 1.807) is 26.2 Å². The molecule has 0 aromatic heterocycles. The molecule has 7 heteroatoms. The van der Waals surface area contributed by atoms with E-state index in [4.69, 9.17) is 19.2 Å². The Kier molecular flexibility index (Phi) is 5.91. The minimum absolute atomic E-state index is 0.0720. The standard InChI is InChI=1S/C26H30N2O5/c1-15(29)28-19-10-8-7-9-17(19)27-18-13-26(2,3)14-20(30)23(18)24(28)16-11-21(31-4)25(33-6)22(12-16)32-5/h7-12,23-24H,13-14H2,1-6H3. The highest BCUT2D eigenvalue weighted by Gasteiger charge is 2.47. The molecule has 0 N–H and O–H groups in total. The van der Waals surface area contributed by atoms with Crippen molar-refractivity contribution in [2.75, 3.05) is 26.2 Å². The number of ether oxygens (including phenoxy) is 3. The van der Waals surface area contributed by atoms with Crippen molar-refractivity contribution < 1.29 is 23.8 Å². The van der Waals surface area contributed by atoms with Gasteiger partial charge in [-0.05, 0) is 41.7 Å². The average molecular weight is 451 g/mol. The number of methoxy groups -OCH3 is 3. The van der Waals surface area contributed by atoms with Gasteiger partial charge in [0.15, 0.2) is 11.5 Å². The Morgan fingerprint density at radius 3 is 2.24 bits per heavy atom. The molecular weight excluding hydrogens is 420 g/mol. The molecule has 1 heterocycles. The highest BCUT2D eigenvalue weighted by Crippen LogP contribution is 2.50. The van der Waals surface area contributed by atoms with Crippen LogP contribution in [0.25, 0.3) is 0 Å². The molecule has 1 aliphatic heterocycles. The zero-order valence-corrected chi connectivity index (χ0v) is 20.0. The molecule has 2 aromatic rings. The molecular formula is C26H30N2O5. The van der Waals surface area contributed by atoms with Gasteiger partial charge in [-0.15, -0.1) is 0 Å². The van der Waals surface area contributed by atoms with Crippen LogP contribution in [0.1, 0.15) is 45.2 Å². The van der Waals surface area contributed by atoms with E-state index in [1.807, 2.05) is 36.4 Å². The Balaban J connectivity index is 2.02. The van der Waals surface area contributed by atoms with Gasteiger partial charge in [-0.2, -0.15) is 0 Å². The topological polar surface area (TPSA) is 77.4 Å². The molecule has 2 aliphatic rings. The van der Waals surface area contributed by atoms with E-state index in [0.29, 0.717) is 41.5 Å². The summed E-state index contributed by atoms with van der Waals surface area (Å²) < 4.78 is 16.6. The van der Waals surface area contributed by atoms with Gasteiger partial charge in [0.1, 0.15) is 5.78 Å². The molecule has 4 rings (SSSR count). The number of carbonyl (C=O) groups is 2. The molecule has 1 aliphatic carbocycles. The lowest BCUT2D eigenvalue weighted by Crippen LogP contribution is -2.46. The van der Waals surface area contributed by atoms with E-state index in [2.05, 4.69) is 13.8 Å². The van der Waals surface area contributed by atoms with Crippen molar-refractivity contribution in [1.82, 2.24) is 0 Å². The summed E-state index contributed by atoms with van der Waals surface area (Å²) in [4.78, 5) is 33.4. The van der Waals surface area contributed by atoms with Gasteiger partial charge in [0.2, 0.25) is 11.7 Å². The van der Waals surface area contributed by atoms with E-state index in [-0.39, 0.29) is 17.1 Å². The number of nitrogens with zero attached hydrogens (tertiary/aromatic N) is 2. The van der Waals surface area contributed by atoms with Crippen molar-refractivity contribution in [3.05, 3.63) is 42.0 Å². The van der Waals surface area contributed by atoms with Gasteiger partial charge in [0.25, 0.3) is 0 Å². The minimum Gasteiger partial charge on any atom is -0.493 e. The number of hydrogen-bond acceptors (Lipinski definition) is 6. The molecule has 1 saturated carbocycles.